The van der Waals surface area contributed by atoms with Gasteiger partial charge in [0.1, 0.15) is 5.75 Å². The normalized spacial score (nSPS) is 14.0. The maximum Gasteiger partial charge on any atom is 0.118 e. The lowest BCUT2D eigenvalue weighted by atomic mass is 9.99. The molecule has 20 heavy (non-hydrogen) atoms. The Morgan fingerprint density at radius 3 is 2.45 bits per heavy atom. The van der Waals surface area contributed by atoms with Crippen LogP contribution in [0.1, 0.15) is 38.7 Å². The van der Waals surface area contributed by atoms with Crippen molar-refractivity contribution in [3.8, 4) is 5.75 Å². The van der Waals surface area contributed by atoms with E-state index in [9.17, 15) is 0 Å². The average Bonchev–Trinajstić information content (AvgIpc) is 2.46. The number of hydrogen-bond donors (Lipinski definition) is 2. The smallest absolute Gasteiger partial charge is 0.118 e. The predicted octanol–water partition coefficient (Wildman–Crippen LogP) is 3.01. The molecule has 1 aromatic rings. The molecule has 0 spiro atoms. The van der Waals surface area contributed by atoms with Crippen molar-refractivity contribution in [2.45, 2.75) is 45.6 Å². The number of aliphatic hydroxyl groups excluding tert-OH is 1. The molecule has 0 radical (unpaired) electrons. The van der Waals surface area contributed by atoms with Gasteiger partial charge in [0.15, 0.2) is 0 Å². The number of nitrogens with one attached hydrogen (secondary N) is 1. The highest BCUT2D eigenvalue weighted by Gasteiger charge is 2.09. The van der Waals surface area contributed by atoms with E-state index >= 15 is 0 Å². The van der Waals surface area contributed by atoms with Crippen LogP contribution in [-0.2, 0) is 6.42 Å². The first-order valence-electron chi connectivity index (χ1n) is 7.66. The molecule has 3 heteroatoms. The first kappa shape index (κ1) is 17.0. The standard InChI is InChI=1S/C17H29NO2/c1-4-5-16(10-11-19)13-18-14(2)12-15-6-8-17(20-3)9-7-15/h6-9,14,16,18-19H,4-5,10-13H2,1-3H3. The molecular weight excluding hydrogens is 250 g/mol. The summed E-state index contributed by atoms with van der Waals surface area (Å²) in [5, 5.41) is 12.7. The largest absolute Gasteiger partial charge is 0.497 e. The van der Waals surface area contributed by atoms with Crippen LogP contribution in [0.25, 0.3) is 0 Å². The Hall–Kier alpha value is -1.06. The van der Waals surface area contributed by atoms with Crippen molar-refractivity contribution in [3.63, 3.8) is 0 Å². The van der Waals surface area contributed by atoms with Gasteiger partial charge in [-0.25, -0.2) is 0 Å². The summed E-state index contributed by atoms with van der Waals surface area (Å²) < 4.78 is 5.17. The molecule has 0 aliphatic carbocycles. The predicted molar refractivity (Wildman–Crippen MR) is 84.3 cm³/mol. The van der Waals surface area contributed by atoms with Crippen molar-refractivity contribution in [1.29, 1.82) is 0 Å². The van der Waals surface area contributed by atoms with Crippen LogP contribution in [0.15, 0.2) is 24.3 Å². The third kappa shape index (κ3) is 6.40. The molecule has 2 unspecified atom stereocenters. The lowest BCUT2D eigenvalue weighted by Crippen LogP contribution is -2.33. The second-order valence-corrected chi connectivity index (χ2v) is 5.53. The summed E-state index contributed by atoms with van der Waals surface area (Å²) in [5.41, 5.74) is 1.32. The minimum Gasteiger partial charge on any atom is -0.497 e. The van der Waals surface area contributed by atoms with E-state index in [1.807, 2.05) is 12.1 Å². The van der Waals surface area contributed by atoms with Crippen molar-refractivity contribution in [2.24, 2.45) is 5.92 Å². The van der Waals surface area contributed by atoms with Crippen molar-refractivity contribution < 1.29 is 9.84 Å². The fraction of sp³-hybridized carbons (Fsp3) is 0.647. The number of hydrogen-bond acceptors (Lipinski definition) is 3. The fourth-order valence-corrected chi connectivity index (χ4v) is 2.49. The van der Waals surface area contributed by atoms with Gasteiger partial charge in [0.25, 0.3) is 0 Å². The summed E-state index contributed by atoms with van der Waals surface area (Å²) in [5.74, 6) is 1.49. The van der Waals surface area contributed by atoms with Crippen molar-refractivity contribution in [3.05, 3.63) is 29.8 Å². The van der Waals surface area contributed by atoms with E-state index in [-0.39, 0.29) is 0 Å². The van der Waals surface area contributed by atoms with Gasteiger partial charge in [0.05, 0.1) is 7.11 Å². The van der Waals surface area contributed by atoms with E-state index < -0.39 is 0 Å². The highest BCUT2D eigenvalue weighted by Crippen LogP contribution is 2.13. The molecule has 0 saturated heterocycles. The van der Waals surface area contributed by atoms with Crippen LogP contribution in [0, 0.1) is 5.92 Å². The first-order chi connectivity index (χ1) is 9.69. The summed E-state index contributed by atoms with van der Waals surface area (Å²) in [6, 6.07) is 8.70. The quantitative estimate of drug-likeness (QED) is 0.692. The van der Waals surface area contributed by atoms with E-state index in [1.165, 1.54) is 18.4 Å². The minimum absolute atomic E-state index is 0.291. The summed E-state index contributed by atoms with van der Waals surface area (Å²) in [6.07, 6.45) is 4.28. The molecule has 3 nitrogen and oxygen atoms in total. The molecule has 0 saturated carbocycles. The van der Waals surface area contributed by atoms with E-state index in [0.29, 0.717) is 18.6 Å². The van der Waals surface area contributed by atoms with Gasteiger partial charge in [0, 0.05) is 12.6 Å². The van der Waals surface area contributed by atoms with Gasteiger partial charge in [0.2, 0.25) is 0 Å². The molecule has 0 aliphatic heterocycles. The van der Waals surface area contributed by atoms with E-state index in [4.69, 9.17) is 9.84 Å². The van der Waals surface area contributed by atoms with Crippen molar-refractivity contribution >= 4 is 0 Å². The molecule has 0 heterocycles. The highest BCUT2D eigenvalue weighted by atomic mass is 16.5. The molecule has 0 bridgehead atoms. The summed E-state index contributed by atoms with van der Waals surface area (Å²) in [7, 11) is 1.69. The number of ether oxygens (including phenoxy) is 1. The van der Waals surface area contributed by atoms with Crippen molar-refractivity contribution in [2.75, 3.05) is 20.3 Å². The molecule has 0 aliphatic rings. The zero-order valence-corrected chi connectivity index (χ0v) is 13.1. The summed E-state index contributed by atoms with van der Waals surface area (Å²) in [6.45, 7) is 5.70. The van der Waals surface area contributed by atoms with Crippen LogP contribution in [0.4, 0.5) is 0 Å². The van der Waals surface area contributed by atoms with E-state index in [2.05, 4.69) is 31.3 Å². The van der Waals surface area contributed by atoms with Crippen LogP contribution in [0.3, 0.4) is 0 Å². The van der Waals surface area contributed by atoms with Gasteiger partial charge in [-0.15, -0.1) is 0 Å². The summed E-state index contributed by atoms with van der Waals surface area (Å²) in [4.78, 5) is 0. The van der Waals surface area contributed by atoms with Crippen LogP contribution in [0.2, 0.25) is 0 Å². The molecular formula is C17H29NO2. The third-order valence-electron chi connectivity index (χ3n) is 3.69. The van der Waals surface area contributed by atoms with Gasteiger partial charge in [-0.3, -0.25) is 0 Å². The van der Waals surface area contributed by atoms with Gasteiger partial charge >= 0.3 is 0 Å². The molecule has 1 rings (SSSR count). The number of rotatable bonds is 10. The van der Waals surface area contributed by atoms with Crippen LogP contribution in [0.5, 0.6) is 5.75 Å². The average molecular weight is 279 g/mol. The monoisotopic (exact) mass is 279 g/mol. The molecule has 1 aromatic carbocycles. The molecule has 2 atom stereocenters. The van der Waals surface area contributed by atoms with Crippen LogP contribution < -0.4 is 10.1 Å². The molecule has 0 aromatic heterocycles. The zero-order chi connectivity index (χ0) is 14.8. The van der Waals surface area contributed by atoms with Gasteiger partial charge in [-0.2, -0.15) is 0 Å². The second kappa shape index (κ2) is 9.78. The fourth-order valence-electron chi connectivity index (χ4n) is 2.49. The summed E-state index contributed by atoms with van der Waals surface area (Å²) >= 11 is 0. The molecule has 0 amide bonds. The van der Waals surface area contributed by atoms with Crippen LogP contribution >= 0.6 is 0 Å². The first-order valence-corrected chi connectivity index (χ1v) is 7.66. The lowest BCUT2D eigenvalue weighted by molar-refractivity contribution is 0.245. The SMILES string of the molecule is CCCC(CCO)CNC(C)Cc1ccc(OC)cc1. The van der Waals surface area contributed by atoms with E-state index in [0.717, 1.165) is 25.1 Å². The Bertz CT molecular complexity index is 345. The van der Waals surface area contributed by atoms with Gasteiger partial charge < -0.3 is 15.2 Å². The zero-order valence-electron chi connectivity index (χ0n) is 13.1. The lowest BCUT2D eigenvalue weighted by Gasteiger charge is -2.20. The molecule has 2 N–H and O–H groups in total. The maximum atomic E-state index is 9.07. The molecule has 114 valence electrons. The molecule has 0 fully saturated rings. The third-order valence-corrected chi connectivity index (χ3v) is 3.69. The number of aliphatic hydroxyl groups is 1. The maximum absolute atomic E-state index is 9.07. The van der Waals surface area contributed by atoms with Crippen LogP contribution in [-0.4, -0.2) is 31.4 Å². The number of methoxy groups -OCH3 is 1. The van der Waals surface area contributed by atoms with Gasteiger partial charge in [-0.1, -0.05) is 25.5 Å². The Labute approximate surface area is 123 Å². The minimum atomic E-state index is 0.291. The second-order valence-electron chi connectivity index (χ2n) is 5.53. The Balaban J connectivity index is 2.35. The number of benzene rings is 1. The Morgan fingerprint density at radius 2 is 1.90 bits per heavy atom. The Kier molecular flexibility index (Phi) is 8.31. The van der Waals surface area contributed by atoms with Crippen molar-refractivity contribution in [1.82, 2.24) is 5.32 Å². The van der Waals surface area contributed by atoms with Gasteiger partial charge in [-0.05, 0) is 56.3 Å². The Morgan fingerprint density at radius 1 is 1.20 bits per heavy atom. The highest BCUT2D eigenvalue weighted by molar-refractivity contribution is 5.27. The topological polar surface area (TPSA) is 41.5 Å². The van der Waals surface area contributed by atoms with E-state index in [1.54, 1.807) is 7.11 Å².